The largest absolute Gasteiger partial charge is 0.476 e. The van der Waals surface area contributed by atoms with Gasteiger partial charge in [0.1, 0.15) is 6.61 Å². The molecule has 7 heteroatoms. The van der Waals surface area contributed by atoms with Crippen molar-refractivity contribution in [1.82, 2.24) is 14.8 Å². The summed E-state index contributed by atoms with van der Waals surface area (Å²) in [5.74, 6) is 0.550. The Morgan fingerprint density at radius 2 is 2.10 bits per heavy atom. The predicted molar refractivity (Wildman–Crippen MR) is 79.4 cm³/mol. The Morgan fingerprint density at radius 1 is 1.43 bits per heavy atom. The first-order valence-electron chi connectivity index (χ1n) is 7.05. The highest BCUT2D eigenvalue weighted by molar-refractivity contribution is 5.65. The quantitative estimate of drug-likeness (QED) is 0.864. The Labute approximate surface area is 124 Å². The molecular weight excluding hydrogens is 272 g/mol. The van der Waals surface area contributed by atoms with Crippen LogP contribution in [-0.4, -0.2) is 64.3 Å². The van der Waals surface area contributed by atoms with Gasteiger partial charge in [0.05, 0.1) is 11.9 Å². The first-order valence-corrected chi connectivity index (χ1v) is 7.05. The number of hydrogen-bond acceptors (Lipinski definition) is 5. The Morgan fingerprint density at radius 3 is 2.62 bits per heavy atom. The Bertz CT molecular complexity index is 468. The zero-order chi connectivity index (χ0) is 15.4. The molecule has 2 atom stereocenters. The maximum absolute atomic E-state index is 11.0. The van der Waals surface area contributed by atoms with E-state index in [0.29, 0.717) is 31.3 Å². The molecule has 2 rings (SSSR count). The monoisotopic (exact) mass is 294 g/mol. The van der Waals surface area contributed by atoms with Crippen molar-refractivity contribution in [3.63, 3.8) is 0 Å². The number of amides is 1. The van der Waals surface area contributed by atoms with Crippen LogP contribution in [0.25, 0.3) is 0 Å². The molecule has 3 N–H and O–H groups in total. The van der Waals surface area contributed by atoms with Crippen molar-refractivity contribution < 1.29 is 14.6 Å². The van der Waals surface area contributed by atoms with Crippen LogP contribution in [0.15, 0.2) is 18.3 Å². The summed E-state index contributed by atoms with van der Waals surface area (Å²) < 4.78 is 5.60. The molecule has 0 spiro atoms. The predicted octanol–water partition coefficient (Wildman–Crippen LogP) is 1.12. The Hall–Kier alpha value is -2.02. The van der Waals surface area contributed by atoms with Gasteiger partial charge < -0.3 is 20.5 Å². The molecule has 1 aromatic rings. The Kier molecular flexibility index (Phi) is 4.85. The van der Waals surface area contributed by atoms with Crippen molar-refractivity contribution in [2.75, 3.05) is 32.0 Å². The molecule has 0 saturated carbocycles. The summed E-state index contributed by atoms with van der Waals surface area (Å²) in [6, 6.07) is 3.84. The van der Waals surface area contributed by atoms with Crippen LogP contribution < -0.4 is 10.5 Å². The molecule has 0 aromatic carbocycles. The van der Waals surface area contributed by atoms with Crippen molar-refractivity contribution >= 4 is 11.8 Å². The molecule has 0 bridgehead atoms. The van der Waals surface area contributed by atoms with Gasteiger partial charge in [-0.1, -0.05) is 0 Å². The van der Waals surface area contributed by atoms with Gasteiger partial charge in [0.25, 0.3) is 0 Å². The molecule has 21 heavy (non-hydrogen) atoms. The highest BCUT2D eigenvalue weighted by Crippen LogP contribution is 2.16. The van der Waals surface area contributed by atoms with Crippen LogP contribution in [0, 0.1) is 0 Å². The number of rotatable bonds is 4. The lowest BCUT2D eigenvalue weighted by Crippen LogP contribution is -2.58. The average molecular weight is 294 g/mol. The topological polar surface area (TPSA) is 91.9 Å². The van der Waals surface area contributed by atoms with E-state index in [0.717, 1.165) is 6.54 Å². The van der Waals surface area contributed by atoms with Crippen molar-refractivity contribution in [3.8, 4) is 5.88 Å². The summed E-state index contributed by atoms with van der Waals surface area (Å²) in [5, 5.41) is 9.07. The molecule has 1 saturated heterocycles. The molecule has 116 valence electrons. The van der Waals surface area contributed by atoms with Crippen LogP contribution in [0.1, 0.15) is 13.8 Å². The molecule has 1 fully saturated rings. The number of ether oxygens (including phenoxy) is 1. The van der Waals surface area contributed by atoms with Gasteiger partial charge in [-0.25, -0.2) is 9.78 Å². The number of nitrogens with zero attached hydrogens (tertiary/aromatic N) is 3. The van der Waals surface area contributed by atoms with E-state index in [9.17, 15) is 4.79 Å². The third-order valence-electron chi connectivity index (χ3n) is 3.73. The summed E-state index contributed by atoms with van der Waals surface area (Å²) >= 11 is 0. The van der Waals surface area contributed by atoms with Gasteiger partial charge in [-0.15, -0.1) is 0 Å². The van der Waals surface area contributed by atoms with Crippen LogP contribution >= 0.6 is 0 Å². The van der Waals surface area contributed by atoms with Gasteiger partial charge in [0, 0.05) is 37.8 Å². The lowest BCUT2D eigenvalue weighted by Gasteiger charge is -2.43. The number of carbonyl (C=O) groups is 1. The molecule has 2 heterocycles. The third kappa shape index (κ3) is 3.98. The second-order valence-corrected chi connectivity index (χ2v) is 5.40. The molecular formula is C14H22N4O3. The fourth-order valence-electron chi connectivity index (χ4n) is 2.69. The zero-order valence-electron chi connectivity index (χ0n) is 12.4. The highest BCUT2D eigenvalue weighted by Gasteiger charge is 2.31. The smallest absolute Gasteiger partial charge is 0.407 e. The van der Waals surface area contributed by atoms with E-state index >= 15 is 0 Å². The third-order valence-corrected chi connectivity index (χ3v) is 3.73. The Balaban J connectivity index is 1.82. The molecule has 1 aromatic heterocycles. The van der Waals surface area contributed by atoms with Gasteiger partial charge in [0.2, 0.25) is 5.88 Å². The number of carboxylic acid groups (broad SMARTS) is 1. The van der Waals surface area contributed by atoms with Crippen LogP contribution in [0.4, 0.5) is 10.5 Å². The molecule has 7 nitrogen and oxygen atoms in total. The summed E-state index contributed by atoms with van der Waals surface area (Å²) in [7, 11) is 0. The normalized spacial score (nSPS) is 23.0. The van der Waals surface area contributed by atoms with Gasteiger partial charge >= 0.3 is 6.09 Å². The fourth-order valence-corrected chi connectivity index (χ4v) is 2.69. The zero-order valence-corrected chi connectivity index (χ0v) is 12.4. The van der Waals surface area contributed by atoms with Crippen LogP contribution in [0.5, 0.6) is 5.88 Å². The number of piperazine rings is 1. The number of aromatic nitrogens is 1. The van der Waals surface area contributed by atoms with Crippen molar-refractivity contribution in [2.24, 2.45) is 0 Å². The van der Waals surface area contributed by atoms with Gasteiger partial charge in [-0.05, 0) is 19.9 Å². The minimum atomic E-state index is -0.851. The highest BCUT2D eigenvalue weighted by atomic mass is 16.5. The van der Waals surface area contributed by atoms with Crippen LogP contribution in [-0.2, 0) is 0 Å². The number of hydrogen-bond donors (Lipinski definition) is 2. The molecule has 1 aliphatic heterocycles. The van der Waals surface area contributed by atoms with E-state index in [2.05, 4.69) is 9.88 Å². The minimum Gasteiger partial charge on any atom is -0.476 e. The molecule has 0 aliphatic carbocycles. The van der Waals surface area contributed by atoms with Crippen LogP contribution in [0.2, 0.25) is 0 Å². The van der Waals surface area contributed by atoms with Gasteiger partial charge in [0.15, 0.2) is 0 Å². The lowest BCUT2D eigenvalue weighted by molar-refractivity contribution is 0.0319. The number of anilines is 1. The first kappa shape index (κ1) is 15.4. The number of nitrogens with two attached hydrogens (primary N) is 1. The van der Waals surface area contributed by atoms with Gasteiger partial charge in [-0.3, -0.25) is 4.90 Å². The van der Waals surface area contributed by atoms with Crippen LogP contribution in [0.3, 0.4) is 0 Å². The van der Waals surface area contributed by atoms with E-state index < -0.39 is 6.09 Å². The summed E-state index contributed by atoms with van der Waals surface area (Å²) in [5.41, 5.74) is 6.17. The average Bonchev–Trinajstić information content (AvgIpc) is 2.43. The maximum Gasteiger partial charge on any atom is 0.407 e. The van der Waals surface area contributed by atoms with Crippen molar-refractivity contribution in [1.29, 1.82) is 0 Å². The van der Waals surface area contributed by atoms with Crippen molar-refractivity contribution in [2.45, 2.75) is 25.9 Å². The molecule has 1 aliphatic rings. The van der Waals surface area contributed by atoms with E-state index in [1.807, 2.05) is 13.8 Å². The first-order chi connectivity index (χ1) is 9.97. The lowest BCUT2D eigenvalue weighted by atomic mass is 10.1. The fraction of sp³-hybridized carbons (Fsp3) is 0.571. The number of pyridine rings is 1. The van der Waals surface area contributed by atoms with E-state index in [1.54, 1.807) is 18.3 Å². The summed E-state index contributed by atoms with van der Waals surface area (Å²) in [4.78, 5) is 18.9. The van der Waals surface area contributed by atoms with Crippen molar-refractivity contribution in [3.05, 3.63) is 18.3 Å². The minimum absolute atomic E-state index is 0.174. The maximum atomic E-state index is 11.0. The van der Waals surface area contributed by atoms with E-state index in [-0.39, 0.29) is 12.1 Å². The standard InChI is InChI=1S/C14H22N4O3/c1-10-8-17(14(19)20)9-11(2)18(10)5-6-21-13-4-3-12(15)7-16-13/h3-4,7,10-11H,5-6,8-9,15H2,1-2H3,(H,19,20). The number of nitrogen functional groups attached to an aromatic ring is 1. The summed E-state index contributed by atoms with van der Waals surface area (Å²) in [6.45, 7) is 6.38. The second-order valence-electron chi connectivity index (χ2n) is 5.40. The molecule has 2 unspecified atom stereocenters. The SMILES string of the molecule is CC1CN(C(=O)O)CC(C)N1CCOc1ccc(N)cn1. The molecule has 0 radical (unpaired) electrons. The summed E-state index contributed by atoms with van der Waals surface area (Å²) in [6.07, 6.45) is 0.710. The molecule has 1 amide bonds. The van der Waals surface area contributed by atoms with Gasteiger partial charge in [-0.2, -0.15) is 0 Å². The van der Waals surface area contributed by atoms with E-state index in [1.165, 1.54) is 4.90 Å². The second kappa shape index (κ2) is 6.62. The van der Waals surface area contributed by atoms with E-state index in [4.69, 9.17) is 15.6 Å².